The van der Waals surface area contributed by atoms with E-state index in [0.717, 1.165) is 24.9 Å². The zero-order valence-corrected chi connectivity index (χ0v) is 13.5. The third-order valence-corrected chi connectivity index (χ3v) is 4.57. The van der Waals surface area contributed by atoms with Crippen LogP contribution in [0.1, 0.15) is 51.8 Å². The van der Waals surface area contributed by atoms with Crippen molar-refractivity contribution in [2.45, 2.75) is 52.5 Å². The largest absolute Gasteiger partial charge is 0.357 e. The molecule has 2 rings (SSSR count). The number of hydrogen-bond acceptors (Lipinski definition) is 3. The molecule has 118 valence electrons. The summed E-state index contributed by atoms with van der Waals surface area (Å²) in [5, 5.41) is 10.9. The molecule has 2 N–H and O–H groups in total. The molecule has 0 spiro atoms. The molecule has 1 aliphatic carbocycles. The summed E-state index contributed by atoms with van der Waals surface area (Å²) in [5.41, 5.74) is 0.459. The molecule has 1 saturated carbocycles. The van der Waals surface area contributed by atoms with E-state index in [0.29, 0.717) is 12.0 Å². The van der Waals surface area contributed by atoms with Gasteiger partial charge in [-0.05, 0) is 31.6 Å². The monoisotopic (exact) mass is 292 g/mol. The summed E-state index contributed by atoms with van der Waals surface area (Å²) in [6, 6.07) is 0. The number of hydrogen-bond donors (Lipinski definition) is 2. The minimum Gasteiger partial charge on any atom is -0.357 e. The average Bonchev–Trinajstić information content (AvgIpc) is 3.12. The molecule has 0 amide bonds. The first-order chi connectivity index (χ1) is 10.2. The van der Waals surface area contributed by atoms with Gasteiger partial charge in [-0.3, -0.25) is 4.68 Å². The molecule has 1 aromatic heterocycles. The predicted octanol–water partition coefficient (Wildman–Crippen LogP) is 1.84. The van der Waals surface area contributed by atoms with Crippen molar-refractivity contribution >= 4 is 5.96 Å². The Morgan fingerprint density at radius 1 is 1.33 bits per heavy atom. The smallest absolute Gasteiger partial charge is 0.191 e. The summed E-state index contributed by atoms with van der Waals surface area (Å²) < 4.78 is 1.76. The lowest BCUT2D eigenvalue weighted by Crippen LogP contribution is -2.42. The minimum absolute atomic E-state index is 0.459. The van der Waals surface area contributed by atoms with Gasteiger partial charge in [-0.2, -0.15) is 5.10 Å². The number of aryl methyl sites for hydroxylation is 1. The second-order valence-electron chi connectivity index (χ2n) is 5.91. The van der Waals surface area contributed by atoms with E-state index >= 15 is 0 Å². The number of aliphatic imine (C=N–C) groups is 1. The highest BCUT2D eigenvalue weighted by Gasteiger charge is 2.31. The molecular weight excluding hydrogens is 264 g/mol. The Hall–Kier alpha value is -1.59. The Balaban J connectivity index is 1.93. The van der Waals surface area contributed by atoms with Gasteiger partial charge in [0, 0.05) is 20.1 Å². The highest BCUT2D eigenvalue weighted by atomic mass is 15.3. The van der Waals surface area contributed by atoms with Crippen LogP contribution in [-0.4, -0.2) is 33.8 Å². The quantitative estimate of drug-likeness (QED) is 0.620. The van der Waals surface area contributed by atoms with Crippen LogP contribution >= 0.6 is 0 Å². The van der Waals surface area contributed by atoms with Crippen molar-refractivity contribution in [3.05, 3.63) is 12.2 Å². The second-order valence-corrected chi connectivity index (χ2v) is 5.91. The standard InChI is InChI=1S/C15H28N6/c1-4-15(8-6-7-9-15)11-18-14(16-5-2)17-10-13-19-12-20-21(13)3/h12H,4-11H2,1-3H3,(H2,16,17,18). The Labute approximate surface area is 127 Å². The molecule has 1 aromatic rings. The van der Waals surface area contributed by atoms with Crippen molar-refractivity contribution in [3.8, 4) is 0 Å². The molecule has 1 aliphatic rings. The lowest BCUT2D eigenvalue weighted by atomic mass is 9.83. The van der Waals surface area contributed by atoms with Gasteiger partial charge >= 0.3 is 0 Å². The van der Waals surface area contributed by atoms with Gasteiger partial charge in [-0.1, -0.05) is 19.8 Å². The van der Waals surface area contributed by atoms with Crippen LogP contribution in [0.2, 0.25) is 0 Å². The lowest BCUT2D eigenvalue weighted by Gasteiger charge is -2.28. The third kappa shape index (κ3) is 4.19. The van der Waals surface area contributed by atoms with Crippen LogP contribution in [0.25, 0.3) is 0 Å². The van der Waals surface area contributed by atoms with E-state index in [4.69, 9.17) is 0 Å². The van der Waals surface area contributed by atoms with Crippen LogP contribution in [0.5, 0.6) is 0 Å². The van der Waals surface area contributed by atoms with Crippen molar-refractivity contribution < 1.29 is 0 Å². The van der Waals surface area contributed by atoms with E-state index in [1.165, 1.54) is 32.1 Å². The summed E-state index contributed by atoms with van der Waals surface area (Å²) >= 11 is 0. The fourth-order valence-corrected chi connectivity index (χ4v) is 3.01. The van der Waals surface area contributed by atoms with Crippen LogP contribution < -0.4 is 10.6 Å². The molecule has 0 atom stereocenters. The van der Waals surface area contributed by atoms with Crippen LogP contribution in [-0.2, 0) is 13.6 Å². The van der Waals surface area contributed by atoms with Crippen LogP contribution in [0.4, 0.5) is 0 Å². The van der Waals surface area contributed by atoms with E-state index in [1.807, 2.05) is 7.05 Å². The van der Waals surface area contributed by atoms with E-state index < -0.39 is 0 Å². The van der Waals surface area contributed by atoms with Crippen molar-refractivity contribution in [1.82, 2.24) is 25.4 Å². The van der Waals surface area contributed by atoms with Crippen LogP contribution in [0.3, 0.4) is 0 Å². The topological polar surface area (TPSA) is 67.1 Å². The fraction of sp³-hybridized carbons (Fsp3) is 0.800. The normalized spacial score (nSPS) is 18.0. The van der Waals surface area contributed by atoms with Crippen molar-refractivity contribution in [2.75, 3.05) is 13.1 Å². The van der Waals surface area contributed by atoms with Crippen LogP contribution in [0, 0.1) is 5.41 Å². The molecule has 6 heteroatoms. The zero-order chi connectivity index (χ0) is 15.1. The number of rotatable bonds is 6. The van der Waals surface area contributed by atoms with Gasteiger partial charge in [0.15, 0.2) is 5.96 Å². The van der Waals surface area contributed by atoms with Crippen LogP contribution in [0.15, 0.2) is 11.3 Å². The molecule has 1 fully saturated rings. The zero-order valence-electron chi connectivity index (χ0n) is 13.5. The third-order valence-electron chi connectivity index (χ3n) is 4.57. The van der Waals surface area contributed by atoms with Crippen molar-refractivity contribution in [1.29, 1.82) is 0 Å². The second kappa shape index (κ2) is 7.43. The van der Waals surface area contributed by atoms with Crippen molar-refractivity contribution in [2.24, 2.45) is 17.5 Å². The van der Waals surface area contributed by atoms with E-state index in [1.54, 1.807) is 11.0 Å². The van der Waals surface area contributed by atoms with Gasteiger partial charge in [0.2, 0.25) is 0 Å². The summed E-state index contributed by atoms with van der Waals surface area (Å²) in [7, 11) is 1.89. The summed E-state index contributed by atoms with van der Waals surface area (Å²) in [6.07, 6.45) is 8.20. The maximum absolute atomic E-state index is 4.61. The maximum atomic E-state index is 4.61. The lowest BCUT2D eigenvalue weighted by molar-refractivity contribution is 0.283. The molecule has 0 aliphatic heterocycles. The number of nitrogens with one attached hydrogen (secondary N) is 2. The number of aromatic nitrogens is 3. The Kier molecular flexibility index (Phi) is 5.59. The molecule has 0 unspecified atom stereocenters. The Bertz CT molecular complexity index is 458. The molecular formula is C15H28N6. The van der Waals surface area contributed by atoms with E-state index in [-0.39, 0.29) is 0 Å². The van der Waals surface area contributed by atoms with Gasteiger partial charge < -0.3 is 10.6 Å². The number of guanidine groups is 1. The minimum atomic E-state index is 0.459. The summed E-state index contributed by atoms with van der Waals surface area (Å²) in [5.74, 6) is 1.75. The molecule has 0 bridgehead atoms. The van der Waals surface area contributed by atoms with E-state index in [2.05, 4.69) is 39.6 Å². The van der Waals surface area contributed by atoms with Gasteiger partial charge in [0.25, 0.3) is 0 Å². The summed E-state index contributed by atoms with van der Waals surface area (Å²) in [6.45, 7) is 6.81. The first-order valence-corrected chi connectivity index (χ1v) is 8.04. The SMILES string of the molecule is CCNC(=NCc1ncnn1C)NCC1(CC)CCCC1. The van der Waals surface area contributed by atoms with E-state index in [9.17, 15) is 0 Å². The van der Waals surface area contributed by atoms with Gasteiger partial charge in [0.1, 0.15) is 18.7 Å². The average molecular weight is 292 g/mol. The first-order valence-electron chi connectivity index (χ1n) is 8.04. The van der Waals surface area contributed by atoms with Gasteiger partial charge in [-0.15, -0.1) is 0 Å². The highest BCUT2D eigenvalue weighted by molar-refractivity contribution is 5.79. The first kappa shape index (κ1) is 15.8. The molecule has 0 aromatic carbocycles. The molecule has 6 nitrogen and oxygen atoms in total. The predicted molar refractivity (Wildman–Crippen MR) is 85.0 cm³/mol. The maximum Gasteiger partial charge on any atom is 0.191 e. The molecule has 1 heterocycles. The van der Waals surface area contributed by atoms with Gasteiger partial charge in [0.05, 0.1) is 0 Å². The molecule has 21 heavy (non-hydrogen) atoms. The molecule has 0 radical (unpaired) electrons. The van der Waals surface area contributed by atoms with Gasteiger partial charge in [-0.25, -0.2) is 9.98 Å². The Morgan fingerprint density at radius 2 is 2.10 bits per heavy atom. The fourth-order valence-electron chi connectivity index (χ4n) is 3.01. The number of nitrogens with zero attached hydrogens (tertiary/aromatic N) is 4. The molecule has 0 saturated heterocycles. The Morgan fingerprint density at radius 3 is 2.67 bits per heavy atom. The summed E-state index contributed by atoms with van der Waals surface area (Å²) in [4.78, 5) is 8.82. The highest BCUT2D eigenvalue weighted by Crippen LogP contribution is 2.40. The van der Waals surface area contributed by atoms with Crippen molar-refractivity contribution in [3.63, 3.8) is 0 Å².